The largest absolute Gasteiger partial charge is 0.338 e. The molecule has 0 aromatic heterocycles. The highest BCUT2D eigenvalue weighted by Gasteiger charge is 2.28. The Morgan fingerprint density at radius 3 is 2.38 bits per heavy atom. The fraction of sp³-hybridized carbons (Fsp3) is 0.562. The predicted molar refractivity (Wildman–Crippen MR) is 85.6 cm³/mol. The summed E-state index contributed by atoms with van der Waals surface area (Å²) in [5.74, 6) is 0. The zero-order valence-electron chi connectivity index (χ0n) is 12.8. The summed E-state index contributed by atoms with van der Waals surface area (Å²) in [6.45, 7) is 3.47. The van der Waals surface area contributed by atoms with Gasteiger partial charge in [-0.05, 0) is 36.0 Å². The maximum atomic E-state index is 11.8. The van der Waals surface area contributed by atoms with Crippen molar-refractivity contribution in [2.24, 2.45) is 5.41 Å². The Morgan fingerprint density at radius 1 is 1.19 bits per heavy atom. The molecule has 2 N–H and O–H groups in total. The monoisotopic (exact) mass is 308 g/mol. The van der Waals surface area contributed by atoms with E-state index in [0.29, 0.717) is 6.54 Å². The summed E-state index contributed by atoms with van der Waals surface area (Å²) in [6.07, 6.45) is 6.59. The Morgan fingerprint density at radius 2 is 1.81 bits per heavy atom. The van der Waals surface area contributed by atoms with E-state index < -0.39 is 10.8 Å². The van der Waals surface area contributed by atoms with E-state index in [-0.39, 0.29) is 11.4 Å². The third-order valence-electron chi connectivity index (χ3n) is 4.19. The lowest BCUT2D eigenvalue weighted by atomic mass is 9.89. The molecular weight excluding hydrogens is 284 g/mol. The minimum Gasteiger partial charge on any atom is -0.338 e. The van der Waals surface area contributed by atoms with E-state index >= 15 is 0 Å². The van der Waals surface area contributed by atoms with Crippen molar-refractivity contribution in [1.82, 2.24) is 10.6 Å². The average molecular weight is 308 g/mol. The van der Waals surface area contributed by atoms with Crippen LogP contribution in [0.5, 0.6) is 0 Å². The summed E-state index contributed by atoms with van der Waals surface area (Å²) in [5, 5.41) is 5.83. The van der Waals surface area contributed by atoms with Crippen LogP contribution in [0.3, 0.4) is 0 Å². The summed E-state index contributed by atoms with van der Waals surface area (Å²) in [5.41, 5.74) is 1.27. The van der Waals surface area contributed by atoms with Crippen LogP contribution >= 0.6 is 0 Å². The standard InChI is InChI=1S/C16H24N2O2S/c1-16(9-3-4-10-16)12-18-15(19)17-11-13-5-7-14(8-6-13)21(2)20/h5-8H,3-4,9-12H2,1-2H3,(H2,17,18,19)/t21-/m1/s1. The fourth-order valence-electron chi connectivity index (χ4n) is 2.74. The van der Waals surface area contributed by atoms with Crippen LogP contribution in [0, 0.1) is 5.41 Å². The average Bonchev–Trinajstić information content (AvgIpc) is 2.91. The Labute approximate surface area is 129 Å². The van der Waals surface area contributed by atoms with Crippen LogP contribution in [0.15, 0.2) is 29.2 Å². The second-order valence-electron chi connectivity index (χ2n) is 6.15. The number of carbonyl (C=O) groups is 1. The Hall–Kier alpha value is -1.36. The third kappa shape index (κ3) is 4.84. The number of benzene rings is 1. The van der Waals surface area contributed by atoms with Gasteiger partial charge in [0, 0.05) is 35.0 Å². The topological polar surface area (TPSA) is 58.2 Å². The quantitative estimate of drug-likeness (QED) is 0.879. The van der Waals surface area contributed by atoms with Crippen LogP contribution in [0.1, 0.15) is 38.2 Å². The molecule has 1 aromatic rings. The maximum absolute atomic E-state index is 11.8. The molecule has 0 radical (unpaired) electrons. The zero-order valence-corrected chi connectivity index (χ0v) is 13.6. The van der Waals surface area contributed by atoms with Crippen LogP contribution in [-0.2, 0) is 17.3 Å². The molecule has 0 unspecified atom stereocenters. The van der Waals surface area contributed by atoms with Gasteiger partial charge in [-0.25, -0.2) is 4.79 Å². The van der Waals surface area contributed by atoms with Crippen molar-refractivity contribution in [3.63, 3.8) is 0 Å². The molecule has 1 aromatic carbocycles. The van der Waals surface area contributed by atoms with Crippen LogP contribution < -0.4 is 10.6 Å². The summed E-state index contributed by atoms with van der Waals surface area (Å²) >= 11 is 0. The lowest BCUT2D eigenvalue weighted by molar-refractivity contribution is 0.231. The van der Waals surface area contributed by atoms with Gasteiger partial charge in [0.2, 0.25) is 0 Å². The molecule has 0 bridgehead atoms. The molecule has 0 heterocycles. The Balaban J connectivity index is 1.74. The normalized spacial score (nSPS) is 18.2. The number of rotatable bonds is 5. The number of carbonyl (C=O) groups excluding carboxylic acids is 1. The second kappa shape index (κ2) is 7.07. The zero-order chi connectivity index (χ0) is 15.3. The van der Waals surface area contributed by atoms with Crippen molar-refractivity contribution in [2.45, 2.75) is 44.0 Å². The van der Waals surface area contributed by atoms with Gasteiger partial charge in [-0.2, -0.15) is 0 Å². The highest BCUT2D eigenvalue weighted by molar-refractivity contribution is 7.84. The van der Waals surface area contributed by atoms with Crippen LogP contribution in [0.4, 0.5) is 4.79 Å². The number of nitrogens with one attached hydrogen (secondary N) is 2. The van der Waals surface area contributed by atoms with Gasteiger partial charge in [0.25, 0.3) is 0 Å². The molecule has 21 heavy (non-hydrogen) atoms. The molecule has 1 saturated carbocycles. The SMILES string of the molecule is C[S@@](=O)c1ccc(CNC(=O)NCC2(C)CCCC2)cc1. The molecule has 0 aliphatic heterocycles. The minimum absolute atomic E-state index is 0.119. The molecule has 2 rings (SSSR count). The van der Waals surface area contributed by atoms with Crippen molar-refractivity contribution in [2.75, 3.05) is 12.8 Å². The molecule has 116 valence electrons. The molecule has 1 aliphatic carbocycles. The van der Waals surface area contributed by atoms with Crippen molar-refractivity contribution >= 4 is 16.8 Å². The number of hydrogen-bond acceptors (Lipinski definition) is 2. The van der Waals surface area contributed by atoms with Gasteiger partial charge in [0.05, 0.1) is 0 Å². The van der Waals surface area contributed by atoms with Crippen LogP contribution in [0.25, 0.3) is 0 Å². The molecule has 0 saturated heterocycles. The lowest BCUT2D eigenvalue weighted by Gasteiger charge is -2.23. The summed E-state index contributed by atoms with van der Waals surface area (Å²) < 4.78 is 11.3. The van der Waals surface area contributed by atoms with Gasteiger partial charge in [0.1, 0.15) is 0 Å². The first-order valence-corrected chi connectivity index (χ1v) is 8.98. The summed E-state index contributed by atoms with van der Waals surface area (Å²) in [6, 6.07) is 7.35. The summed E-state index contributed by atoms with van der Waals surface area (Å²) in [7, 11) is -0.959. The fourth-order valence-corrected chi connectivity index (χ4v) is 3.26. The molecule has 1 fully saturated rings. The maximum Gasteiger partial charge on any atom is 0.315 e. The molecular formula is C16H24N2O2S. The van der Waals surface area contributed by atoms with Crippen LogP contribution in [0.2, 0.25) is 0 Å². The van der Waals surface area contributed by atoms with Gasteiger partial charge in [0.15, 0.2) is 0 Å². The van der Waals surface area contributed by atoms with Crippen molar-refractivity contribution in [1.29, 1.82) is 0 Å². The van der Waals surface area contributed by atoms with Crippen molar-refractivity contribution in [3.05, 3.63) is 29.8 Å². The third-order valence-corrected chi connectivity index (χ3v) is 5.13. The van der Waals surface area contributed by atoms with Gasteiger partial charge < -0.3 is 10.6 Å². The smallest absolute Gasteiger partial charge is 0.315 e. The van der Waals surface area contributed by atoms with Gasteiger partial charge in [-0.15, -0.1) is 0 Å². The molecule has 0 spiro atoms. The van der Waals surface area contributed by atoms with E-state index in [1.807, 2.05) is 24.3 Å². The van der Waals surface area contributed by atoms with E-state index in [9.17, 15) is 9.00 Å². The highest BCUT2D eigenvalue weighted by atomic mass is 32.2. The molecule has 2 amide bonds. The Bertz CT molecular complexity index is 508. The first kappa shape index (κ1) is 16.0. The minimum atomic E-state index is -0.959. The first-order chi connectivity index (χ1) is 9.98. The number of hydrogen-bond donors (Lipinski definition) is 2. The van der Waals surface area contributed by atoms with E-state index in [4.69, 9.17) is 0 Å². The molecule has 1 aliphatic rings. The molecule has 1 atom stereocenters. The van der Waals surface area contributed by atoms with Crippen molar-refractivity contribution in [3.8, 4) is 0 Å². The van der Waals surface area contributed by atoms with E-state index in [0.717, 1.165) is 17.0 Å². The van der Waals surface area contributed by atoms with Crippen LogP contribution in [-0.4, -0.2) is 23.0 Å². The van der Waals surface area contributed by atoms with Crippen molar-refractivity contribution < 1.29 is 9.00 Å². The molecule has 4 nitrogen and oxygen atoms in total. The number of urea groups is 1. The van der Waals surface area contributed by atoms with Gasteiger partial charge >= 0.3 is 6.03 Å². The Kier molecular flexibility index (Phi) is 5.39. The highest BCUT2D eigenvalue weighted by Crippen LogP contribution is 2.36. The van der Waals surface area contributed by atoms with E-state index in [1.165, 1.54) is 25.7 Å². The lowest BCUT2D eigenvalue weighted by Crippen LogP contribution is -2.40. The van der Waals surface area contributed by atoms with Gasteiger partial charge in [-0.1, -0.05) is 31.9 Å². The number of amides is 2. The first-order valence-electron chi connectivity index (χ1n) is 7.43. The molecule has 5 heteroatoms. The van der Waals surface area contributed by atoms with Gasteiger partial charge in [-0.3, -0.25) is 4.21 Å². The van der Waals surface area contributed by atoms with E-state index in [1.54, 1.807) is 6.26 Å². The predicted octanol–water partition coefficient (Wildman–Crippen LogP) is 2.80. The second-order valence-corrected chi connectivity index (χ2v) is 7.53. The van der Waals surface area contributed by atoms with E-state index in [2.05, 4.69) is 17.6 Å². The summed E-state index contributed by atoms with van der Waals surface area (Å²) in [4.78, 5) is 12.6.